The summed E-state index contributed by atoms with van der Waals surface area (Å²) >= 11 is 0. The molecule has 0 aliphatic rings. The third-order valence-corrected chi connectivity index (χ3v) is 3.31. The van der Waals surface area contributed by atoms with Crippen LogP contribution >= 0.6 is 0 Å². The summed E-state index contributed by atoms with van der Waals surface area (Å²) in [6.07, 6.45) is 2.65. The standard InChI is InChI=1S/C18H19FN2O2/c19-15-10-6-11-16(13-15)21-18(23)17(22)20-12-5-4-9-14-7-2-1-3-8-14/h1-3,6-8,10-11,13H,4-5,9,12H2,(H,20,22)(H,21,23). The number of unbranched alkanes of at least 4 members (excludes halogenated alkanes) is 1. The lowest BCUT2D eigenvalue weighted by Gasteiger charge is -2.06. The molecule has 120 valence electrons. The molecule has 0 unspecified atom stereocenters. The molecule has 23 heavy (non-hydrogen) atoms. The smallest absolute Gasteiger partial charge is 0.313 e. The van der Waals surface area contributed by atoms with Gasteiger partial charge in [-0.05, 0) is 43.0 Å². The van der Waals surface area contributed by atoms with E-state index in [1.54, 1.807) is 0 Å². The molecule has 2 amide bonds. The number of anilines is 1. The van der Waals surface area contributed by atoms with Crippen molar-refractivity contribution in [2.75, 3.05) is 11.9 Å². The minimum atomic E-state index is -0.793. The van der Waals surface area contributed by atoms with Crippen LogP contribution < -0.4 is 10.6 Å². The molecule has 2 N–H and O–H groups in total. The number of benzene rings is 2. The largest absolute Gasteiger partial charge is 0.348 e. The Morgan fingerprint density at radius 2 is 1.70 bits per heavy atom. The van der Waals surface area contributed by atoms with Gasteiger partial charge in [-0.25, -0.2) is 4.39 Å². The Balaban J connectivity index is 1.65. The van der Waals surface area contributed by atoms with E-state index < -0.39 is 17.6 Å². The van der Waals surface area contributed by atoms with Gasteiger partial charge >= 0.3 is 11.8 Å². The molecule has 0 radical (unpaired) electrons. The summed E-state index contributed by atoms with van der Waals surface area (Å²) in [4.78, 5) is 23.3. The maximum atomic E-state index is 13.0. The van der Waals surface area contributed by atoms with Gasteiger partial charge in [-0.2, -0.15) is 0 Å². The Bertz CT molecular complexity index is 659. The molecule has 0 atom stereocenters. The number of carbonyl (C=O) groups is 2. The van der Waals surface area contributed by atoms with Crippen LogP contribution in [0.2, 0.25) is 0 Å². The van der Waals surface area contributed by atoms with Gasteiger partial charge < -0.3 is 10.6 Å². The Labute approximate surface area is 134 Å². The molecule has 0 aliphatic carbocycles. The second kappa shape index (κ2) is 8.68. The highest BCUT2D eigenvalue weighted by atomic mass is 19.1. The van der Waals surface area contributed by atoms with Crippen molar-refractivity contribution >= 4 is 17.5 Å². The molecular weight excluding hydrogens is 295 g/mol. The van der Waals surface area contributed by atoms with E-state index in [4.69, 9.17) is 0 Å². The van der Waals surface area contributed by atoms with Gasteiger partial charge in [0.1, 0.15) is 5.82 Å². The maximum Gasteiger partial charge on any atom is 0.313 e. The van der Waals surface area contributed by atoms with Gasteiger partial charge in [0.25, 0.3) is 0 Å². The van der Waals surface area contributed by atoms with E-state index in [-0.39, 0.29) is 5.69 Å². The van der Waals surface area contributed by atoms with Crippen molar-refractivity contribution in [3.05, 3.63) is 66.0 Å². The number of halogens is 1. The van der Waals surface area contributed by atoms with E-state index >= 15 is 0 Å². The molecule has 0 saturated carbocycles. The van der Waals surface area contributed by atoms with E-state index in [1.807, 2.05) is 18.2 Å². The lowest BCUT2D eigenvalue weighted by atomic mass is 10.1. The molecule has 0 aliphatic heterocycles. The fourth-order valence-corrected chi connectivity index (χ4v) is 2.14. The zero-order valence-corrected chi connectivity index (χ0v) is 12.7. The minimum absolute atomic E-state index is 0.259. The molecule has 5 heteroatoms. The van der Waals surface area contributed by atoms with Crippen molar-refractivity contribution in [1.82, 2.24) is 5.32 Å². The molecule has 2 rings (SSSR count). The Morgan fingerprint density at radius 1 is 0.913 bits per heavy atom. The third-order valence-electron chi connectivity index (χ3n) is 3.31. The van der Waals surface area contributed by atoms with Crippen molar-refractivity contribution in [3.63, 3.8) is 0 Å². The quantitative estimate of drug-likeness (QED) is 0.636. The first-order valence-corrected chi connectivity index (χ1v) is 7.54. The summed E-state index contributed by atoms with van der Waals surface area (Å²) in [5.41, 5.74) is 1.51. The predicted molar refractivity (Wildman–Crippen MR) is 87.4 cm³/mol. The van der Waals surface area contributed by atoms with Crippen LogP contribution in [0, 0.1) is 5.82 Å². The fraction of sp³-hybridized carbons (Fsp3) is 0.222. The van der Waals surface area contributed by atoms with E-state index in [0.29, 0.717) is 6.54 Å². The van der Waals surface area contributed by atoms with Gasteiger partial charge in [0.2, 0.25) is 0 Å². The molecular formula is C18H19FN2O2. The second-order valence-corrected chi connectivity index (χ2v) is 5.16. The summed E-state index contributed by atoms with van der Waals surface area (Å²) in [5, 5.41) is 4.92. The number of rotatable bonds is 6. The highest BCUT2D eigenvalue weighted by molar-refractivity contribution is 6.39. The van der Waals surface area contributed by atoms with Crippen LogP contribution in [0.15, 0.2) is 54.6 Å². The molecule has 4 nitrogen and oxygen atoms in total. The van der Waals surface area contributed by atoms with Crippen LogP contribution in [-0.2, 0) is 16.0 Å². The number of hydrogen-bond donors (Lipinski definition) is 2. The SMILES string of the molecule is O=C(NCCCCc1ccccc1)C(=O)Nc1cccc(F)c1. The second-order valence-electron chi connectivity index (χ2n) is 5.16. The van der Waals surface area contributed by atoms with Gasteiger partial charge in [0.15, 0.2) is 0 Å². The van der Waals surface area contributed by atoms with Crippen molar-refractivity contribution in [1.29, 1.82) is 0 Å². The number of nitrogens with one attached hydrogen (secondary N) is 2. The van der Waals surface area contributed by atoms with Gasteiger partial charge in [-0.3, -0.25) is 9.59 Å². The summed E-state index contributed by atoms with van der Waals surface area (Å²) in [6.45, 7) is 0.433. The summed E-state index contributed by atoms with van der Waals surface area (Å²) in [7, 11) is 0. The van der Waals surface area contributed by atoms with Crippen molar-refractivity contribution < 1.29 is 14.0 Å². The van der Waals surface area contributed by atoms with Crippen LogP contribution in [0.1, 0.15) is 18.4 Å². The molecule has 0 aromatic heterocycles. The normalized spacial score (nSPS) is 10.1. The van der Waals surface area contributed by atoms with E-state index in [2.05, 4.69) is 22.8 Å². The van der Waals surface area contributed by atoms with E-state index in [9.17, 15) is 14.0 Å². The highest BCUT2D eigenvalue weighted by Gasteiger charge is 2.12. The van der Waals surface area contributed by atoms with E-state index in [1.165, 1.54) is 23.8 Å². The Kier molecular flexibility index (Phi) is 6.29. The van der Waals surface area contributed by atoms with Gasteiger partial charge in [-0.15, -0.1) is 0 Å². The van der Waals surface area contributed by atoms with Crippen LogP contribution in [0.4, 0.5) is 10.1 Å². The Morgan fingerprint density at radius 3 is 2.43 bits per heavy atom. The zero-order chi connectivity index (χ0) is 16.5. The third kappa shape index (κ3) is 5.90. The zero-order valence-electron chi connectivity index (χ0n) is 12.7. The van der Waals surface area contributed by atoms with Crippen LogP contribution in [0.3, 0.4) is 0 Å². The number of hydrogen-bond acceptors (Lipinski definition) is 2. The average molecular weight is 314 g/mol. The lowest BCUT2D eigenvalue weighted by molar-refractivity contribution is -0.136. The monoisotopic (exact) mass is 314 g/mol. The average Bonchev–Trinajstić information content (AvgIpc) is 2.55. The van der Waals surface area contributed by atoms with Crippen LogP contribution in [0.5, 0.6) is 0 Å². The van der Waals surface area contributed by atoms with Crippen LogP contribution in [0.25, 0.3) is 0 Å². The molecule has 0 fully saturated rings. The minimum Gasteiger partial charge on any atom is -0.348 e. The van der Waals surface area contributed by atoms with Gasteiger partial charge in [-0.1, -0.05) is 36.4 Å². The molecule has 0 bridgehead atoms. The number of amides is 2. The first kappa shape index (κ1) is 16.7. The molecule has 0 spiro atoms. The van der Waals surface area contributed by atoms with Gasteiger partial charge in [0.05, 0.1) is 0 Å². The highest BCUT2D eigenvalue weighted by Crippen LogP contribution is 2.08. The first-order chi connectivity index (χ1) is 11.1. The number of aryl methyl sites for hydroxylation is 1. The molecule has 0 heterocycles. The topological polar surface area (TPSA) is 58.2 Å². The Hall–Kier alpha value is -2.69. The predicted octanol–water partition coefficient (Wildman–Crippen LogP) is 2.90. The molecule has 0 saturated heterocycles. The van der Waals surface area contributed by atoms with Gasteiger partial charge in [0, 0.05) is 12.2 Å². The summed E-state index contributed by atoms with van der Waals surface area (Å²) in [6, 6.07) is 15.5. The summed E-state index contributed by atoms with van der Waals surface area (Å²) in [5.74, 6) is -1.98. The van der Waals surface area contributed by atoms with Crippen LogP contribution in [-0.4, -0.2) is 18.4 Å². The number of carbonyl (C=O) groups excluding carboxylic acids is 2. The van der Waals surface area contributed by atoms with E-state index in [0.717, 1.165) is 25.3 Å². The maximum absolute atomic E-state index is 13.0. The molecule has 2 aromatic carbocycles. The lowest BCUT2D eigenvalue weighted by Crippen LogP contribution is -2.35. The molecule has 2 aromatic rings. The van der Waals surface area contributed by atoms with Crippen molar-refractivity contribution in [2.24, 2.45) is 0 Å². The first-order valence-electron chi connectivity index (χ1n) is 7.54. The van der Waals surface area contributed by atoms with Crippen molar-refractivity contribution in [2.45, 2.75) is 19.3 Å². The fourth-order valence-electron chi connectivity index (χ4n) is 2.14. The van der Waals surface area contributed by atoms with Crippen molar-refractivity contribution in [3.8, 4) is 0 Å². The summed E-state index contributed by atoms with van der Waals surface area (Å²) < 4.78 is 13.0.